The quantitative estimate of drug-likeness (QED) is 0.337. The van der Waals surface area contributed by atoms with Crippen molar-refractivity contribution in [3.8, 4) is 5.75 Å². The summed E-state index contributed by atoms with van der Waals surface area (Å²) in [7, 11) is 0. The van der Waals surface area contributed by atoms with Gasteiger partial charge in [-0.15, -0.1) is 24.5 Å². The van der Waals surface area contributed by atoms with Gasteiger partial charge in [0.15, 0.2) is 9.70 Å². The maximum absolute atomic E-state index is 13.8. The Bertz CT molecular complexity index is 1240. The maximum atomic E-state index is 13.8. The van der Waals surface area contributed by atoms with Crippen molar-refractivity contribution in [2.45, 2.75) is 37.2 Å². The molecule has 0 aliphatic carbocycles. The van der Waals surface area contributed by atoms with Crippen LogP contribution in [0.5, 0.6) is 5.75 Å². The summed E-state index contributed by atoms with van der Waals surface area (Å²) in [4.78, 5) is 21.6. The molecule has 1 saturated heterocycles. The van der Waals surface area contributed by atoms with Crippen molar-refractivity contribution in [2.75, 3.05) is 18.4 Å². The molecule has 0 radical (unpaired) electrons. The van der Waals surface area contributed by atoms with Gasteiger partial charge in [-0.05, 0) is 64.7 Å². The fourth-order valence-electron chi connectivity index (χ4n) is 5.01. The molecule has 3 aromatic rings. The minimum absolute atomic E-state index is 0.0319. The Labute approximate surface area is 220 Å². The number of fused-ring (bicyclic) bond motifs is 1. The van der Waals surface area contributed by atoms with Crippen molar-refractivity contribution in [1.29, 1.82) is 0 Å². The third-order valence-electron chi connectivity index (χ3n) is 6.55. The molecule has 5 rings (SSSR count). The first-order valence-corrected chi connectivity index (χ1v) is 13.3. The van der Waals surface area contributed by atoms with Crippen LogP contribution in [-0.4, -0.2) is 40.7 Å². The van der Waals surface area contributed by atoms with Crippen molar-refractivity contribution in [3.05, 3.63) is 73.1 Å². The molecule has 5 nitrogen and oxygen atoms in total. The Morgan fingerprint density at radius 3 is 2.49 bits per heavy atom. The number of hydrogen-bond donors (Lipinski definition) is 1. The SMILES string of the molecule is O=C1c2ccc(Br)cc2NC2(CCN(Cc3cnc(Br)s3)CC2)C1c1ccc(OC(F)(F)F)cc1. The molecule has 2 aliphatic rings. The van der Waals surface area contributed by atoms with Crippen LogP contribution in [0.15, 0.2) is 57.1 Å². The predicted octanol–water partition coefficient (Wildman–Crippen LogP) is 6.99. The second kappa shape index (κ2) is 9.49. The van der Waals surface area contributed by atoms with Gasteiger partial charge in [-0.25, -0.2) is 4.98 Å². The summed E-state index contributed by atoms with van der Waals surface area (Å²) in [6.45, 7) is 2.32. The van der Waals surface area contributed by atoms with Gasteiger partial charge in [-0.2, -0.15) is 0 Å². The summed E-state index contributed by atoms with van der Waals surface area (Å²) in [5, 5.41) is 3.67. The predicted molar refractivity (Wildman–Crippen MR) is 135 cm³/mol. The van der Waals surface area contributed by atoms with E-state index in [1.54, 1.807) is 29.5 Å². The van der Waals surface area contributed by atoms with E-state index in [-0.39, 0.29) is 11.5 Å². The highest BCUT2D eigenvalue weighted by atomic mass is 79.9. The average molecular weight is 631 g/mol. The number of Topliss-reactive ketones (excluding diaryl/α,β-unsaturated/α-hetero) is 1. The van der Waals surface area contributed by atoms with Crippen LogP contribution in [0.1, 0.15) is 39.6 Å². The van der Waals surface area contributed by atoms with Gasteiger partial charge in [0.1, 0.15) is 5.75 Å². The van der Waals surface area contributed by atoms with E-state index < -0.39 is 17.8 Å². The second-order valence-corrected chi connectivity index (χ2v) is 12.0. The van der Waals surface area contributed by atoms with E-state index in [1.807, 2.05) is 18.3 Å². The van der Waals surface area contributed by atoms with Gasteiger partial charge < -0.3 is 10.1 Å². The number of piperidine rings is 1. The zero-order valence-corrected chi connectivity index (χ0v) is 22.2. The molecule has 0 saturated carbocycles. The van der Waals surface area contributed by atoms with Gasteiger partial charge in [0.2, 0.25) is 0 Å². The summed E-state index contributed by atoms with van der Waals surface area (Å²) < 4.78 is 43.7. The molecule has 3 heterocycles. The Balaban J connectivity index is 1.45. The van der Waals surface area contributed by atoms with E-state index >= 15 is 0 Å². The number of thiazole rings is 1. The summed E-state index contributed by atoms with van der Waals surface area (Å²) in [6, 6.07) is 11.2. The number of ketones is 1. The number of alkyl halides is 3. The zero-order chi connectivity index (χ0) is 24.8. The van der Waals surface area contributed by atoms with Crippen LogP contribution in [0.3, 0.4) is 0 Å². The standard InChI is InChI=1S/C24H20Br2F3N3O2S/c25-15-3-6-18-19(11-15)31-23(7-9-32(10-8-23)13-17-12-30-22(26)35-17)20(21(18)33)14-1-4-16(5-2-14)34-24(27,28)29/h1-6,11-12,20,31H,7-10,13H2. The average Bonchev–Trinajstić information content (AvgIpc) is 3.20. The molecular weight excluding hydrogens is 611 g/mol. The first-order chi connectivity index (χ1) is 16.6. The zero-order valence-electron chi connectivity index (χ0n) is 18.2. The molecule has 0 amide bonds. The van der Waals surface area contributed by atoms with Crippen molar-refractivity contribution in [1.82, 2.24) is 9.88 Å². The normalized spacial score (nSPS) is 19.9. The van der Waals surface area contributed by atoms with E-state index in [2.05, 4.69) is 51.8 Å². The van der Waals surface area contributed by atoms with E-state index in [4.69, 9.17) is 0 Å². The number of hydrogen-bond acceptors (Lipinski definition) is 6. The molecule has 11 heteroatoms. The molecule has 0 bridgehead atoms. The van der Waals surface area contributed by atoms with E-state index in [0.29, 0.717) is 24.0 Å². The Kier molecular flexibility index (Phi) is 6.71. The summed E-state index contributed by atoms with van der Waals surface area (Å²) in [5.74, 6) is -0.868. The maximum Gasteiger partial charge on any atom is 0.573 e. The summed E-state index contributed by atoms with van der Waals surface area (Å²) in [6.07, 6.45) is -1.49. The van der Waals surface area contributed by atoms with Crippen LogP contribution in [0.2, 0.25) is 0 Å². The number of carbonyl (C=O) groups excluding carboxylic acids is 1. The lowest BCUT2D eigenvalue weighted by Crippen LogP contribution is -2.56. The molecule has 1 N–H and O–H groups in total. The molecule has 1 unspecified atom stereocenters. The number of halogens is 5. The molecule has 1 fully saturated rings. The molecule has 35 heavy (non-hydrogen) atoms. The van der Waals surface area contributed by atoms with E-state index in [9.17, 15) is 18.0 Å². The highest BCUT2D eigenvalue weighted by molar-refractivity contribution is 9.11. The van der Waals surface area contributed by atoms with Gasteiger partial charge in [-0.1, -0.05) is 28.1 Å². The van der Waals surface area contributed by atoms with Crippen LogP contribution in [-0.2, 0) is 6.54 Å². The Morgan fingerprint density at radius 2 is 1.86 bits per heavy atom. The molecule has 1 spiro atoms. The topological polar surface area (TPSA) is 54.5 Å². The highest BCUT2D eigenvalue weighted by Crippen LogP contribution is 2.47. The number of likely N-dealkylation sites (tertiary alicyclic amines) is 1. The van der Waals surface area contributed by atoms with Gasteiger partial charge in [0.25, 0.3) is 0 Å². The number of anilines is 1. The van der Waals surface area contributed by atoms with Gasteiger partial charge >= 0.3 is 6.36 Å². The van der Waals surface area contributed by atoms with E-state index in [0.717, 1.165) is 38.6 Å². The van der Waals surface area contributed by atoms with Crippen LogP contribution in [0.4, 0.5) is 18.9 Å². The first kappa shape index (κ1) is 24.7. The smallest absolute Gasteiger partial charge is 0.406 e. The summed E-state index contributed by atoms with van der Waals surface area (Å²) >= 11 is 8.49. The van der Waals surface area contributed by atoms with Gasteiger partial charge in [-0.3, -0.25) is 9.69 Å². The van der Waals surface area contributed by atoms with Gasteiger partial charge in [0, 0.05) is 46.4 Å². The Morgan fingerprint density at radius 1 is 1.14 bits per heavy atom. The van der Waals surface area contributed by atoms with Crippen molar-refractivity contribution in [3.63, 3.8) is 0 Å². The number of nitrogens with one attached hydrogen (secondary N) is 1. The first-order valence-electron chi connectivity index (χ1n) is 10.9. The molecule has 1 aromatic heterocycles. The lowest BCUT2D eigenvalue weighted by atomic mass is 9.67. The summed E-state index contributed by atoms with van der Waals surface area (Å²) in [5.41, 5.74) is 1.47. The fraction of sp³-hybridized carbons (Fsp3) is 0.333. The highest BCUT2D eigenvalue weighted by Gasteiger charge is 2.49. The van der Waals surface area contributed by atoms with Crippen molar-refractivity contribution >= 4 is 54.7 Å². The molecule has 1 atom stereocenters. The lowest BCUT2D eigenvalue weighted by Gasteiger charge is -2.50. The second-order valence-electron chi connectivity index (χ2n) is 8.74. The monoisotopic (exact) mass is 629 g/mol. The number of rotatable bonds is 4. The lowest BCUT2D eigenvalue weighted by molar-refractivity contribution is -0.274. The molecule has 2 aromatic carbocycles. The van der Waals surface area contributed by atoms with Crippen LogP contribution in [0.25, 0.3) is 0 Å². The number of carbonyl (C=O) groups is 1. The number of nitrogens with zero attached hydrogens (tertiary/aromatic N) is 2. The van der Waals surface area contributed by atoms with Crippen LogP contribution >= 0.6 is 43.2 Å². The van der Waals surface area contributed by atoms with E-state index in [1.165, 1.54) is 12.1 Å². The Hall–Kier alpha value is -1.95. The minimum Gasteiger partial charge on any atom is -0.406 e. The molecular formula is C24H20Br2F3N3O2S. The number of ether oxygens (including phenoxy) is 1. The largest absolute Gasteiger partial charge is 0.573 e. The molecule has 184 valence electrons. The third kappa shape index (κ3) is 5.28. The van der Waals surface area contributed by atoms with Crippen molar-refractivity contribution in [2.24, 2.45) is 0 Å². The third-order valence-corrected chi connectivity index (χ3v) is 8.50. The van der Waals surface area contributed by atoms with Crippen molar-refractivity contribution < 1.29 is 22.7 Å². The van der Waals surface area contributed by atoms with Crippen LogP contribution < -0.4 is 10.1 Å². The number of benzene rings is 2. The minimum atomic E-state index is -4.77. The number of aromatic nitrogens is 1. The molecule has 2 aliphatic heterocycles. The van der Waals surface area contributed by atoms with Crippen LogP contribution in [0, 0.1) is 0 Å². The fourth-order valence-corrected chi connectivity index (χ4v) is 6.78. The van der Waals surface area contributed by atoms with Gasteiger partial charge in [0.05, 0.1) is 11.5 Å².